The quantitative estimate of drug-likeness (QED) is 0.910. The highest BCUT2D eigenvalue weighted by Gasteiger charge is 2.30. The van der Waals surface area contributed by atoms with E-state index in [9.17, 15) is 9.90 Å². The van der Waals surface area contributed by atoms with Gasteiger partial charge in [0.25, 0.3) is 0 Å². The Labute approximate surface area is 112 Å². The van der Waals surface area contributed by atoms with Gasteiger partial charge in [-0.25, -0.2) is 0 Å². The molecule has 0 unspecified atom stereocenters. The monoisotopic (exact) mass is 257 g/mol. The lowest BCUT2D eigenvalue weighted by Crippen LogP contribution is -2.28. The second kappa shape index (κ2) is 4.12. The lowest BCUT2D eigenvalue weighted by Gasteiger charge is -2.28. The minimum absolute atomic E-state index is 0.635. The van der Waals surface area contributed by atoms with Gasteiger partial charge in [-0.1, -0.05) is 6.07 Å². The maximum Gasteiger partial charge on any atom is 0.313 e. The Bertz CT molecular complexity index is 635. The predicted octanol–water partition coefficient (Wildman–Crippen LogP) is 3.73. The molecule has 3 nitrogen and oxygen atoms in total. The molecular formula is C16H19NO2. The first-order valence-corrected chi connectivity index (χ1v) is 6.84. The van der Waals surface area contributed by atoms with E-state index in [1.807, 2.05) is 12.1 Å². The van der Waals surface area contributed by atoms with Gasteiger partial charge in [-0.2, -0.15) is 0 Å². The molecule has 1 aliphatic rings. The van der Waals surface area contributed by atoms with Gasteiger partial charge >= 0.3 is 5.97 Å². The van der Waals surface area contributed by atoms with Crippen LogP contribution in [0.3, 0.4) is 0 Å². The Morgan fingerprint density at radius 2 is 2.05 bits per heavy atom. The van der Waals surface area contributed by atoms with E-state index in [1.54, 1.807) is 13.8 Å². The van der Waals surface area contributed by atoms with Gasteiger partial charge in [0.2, 0.25) is 0 Å². The molecule has 100 valence electrons. The molecule has 1 fully saturated rings. The van der Waals surface area contributed by atoms with Crippen LogP contribution in [-0.4, -0.2) is 15.6 Å². The van der Waals surface area contributed by atoms with Crippen molar-refractivity contribution in [1.29, 1.82) is 0 Å². The number of carboxylic acids is 1. The van der Waals surface area contributed by atoms with Gasteiger partial charge in [-0.15, -0.1) is 0 Å². The van der Waals surface area contributed by atoms with Gasteiger partial charge in [0, 0.05) is 17.8 Å². The summed E-state index contributed by atoms with van der Waals surface area (Å²) in [5.41, 5.74) is 1.24. The van der Waals surface area contributed by atoms with Crippen LogP contribution in [0.5, 0.6) is 0 Å². The van der Waals surface area contributed by atoms with E-state index < -0.39 is 11.4 Å². The van der Waals surface area contributed by atoms with Gasteiger partial charge < -0.3 is 9.67 Å². The highest BCUT2D eigenvalue weighted by molar-refractivity contribution is 5.85. The van der Waals surface area contributed by atoms with Crippen molar-refractivity contribution in [3.63, 3.8) is 0 Å². The van der Waals surface area contributed by atoms with E-state index in [2.05, 4.69) is 22.9 Å². The van der Waals surface area contributed by atoms with Gasteiger partial charge in [0.1, 0.15) is 0 Å². The van der Waals surface area contributed by atoms with Crippen LogP contribution in [0.25, 0.3) is 10.9 Å². The number of benzene rings is 1. The summed E-state index contributed by atoms with van der Waals surface area (Å²) < 4.78 is 2.33. The minimum Gasteiger partial charge on any atom is -0.481 e. The summed E-state index contributed by atoms with van der Waals surface area (Å²) in [6.07, 6.45) is 5.96. The summed E-state index contributed by atoms with van der Waals surface area (Å²) in [4.78, 5) is 11.3. The number of carboxylic acid groups (broad SMARTS) is 1. The van der Waals surface area contributed by atoms with Crippen molar-refractivity contribution in [2.24, 2.45) is 0 Å². The third-order valence-corrected chi connectivity index (χ3v) is 4.44. The van der Waals surface area contributed by atoms with E-state index >= 15 is 0 Å². The Kier molecular flexibility index (Phi) is 2.66. The van der Waals surface area contributed by atoms with Gasteiger partial charge in [0.15, 0.2) is 0 Å². The summed E-state index contributed by atoms with van der Waals surface area (Å²) in [7, 11) is 0. The molecule has 3 heteroatoms. The number of aromatic nitrogens is 1. The predicted molar refractivity (Wildman–Crippen MR) is 75.5 cm³/mol. The normalized spacial score (nSPS) is 16.5. The van der Waals surface area contributed by atoms with E-state index in [4.69, 9.17) is 0 Å². The molecular weight excluding hydrogens is 238 g/mol. The first-order chi connectivity index (χ1) is 9.00. The average Bonchev–Trinajstić information content (AvgIpc) is 2.70. The molecule has 0 aliphatic heterocycles. The summed E-state index contributed by atoms with van der Waals surface area (Å²) in [5, 5.41) is 10.4. The van der Waals surface area contributed by atoms with Crippen LogP contribution in [0.4, 0.5) is 0 Å². The maximum absolute atomic E-state index is 11.3. The lowest BCUT2D eigenvalue weighted by molar-refractivity contribution is -0.142. The number of carbonyl (C=O) groups is 1. The fourth-order valence-electron chi connectivity index (χ4n) is 2.66. The molecule has 2 aromatic rings. The summed E-state index contributed by atoms with van der Waals surface area (Å²) >= 11 is 0. The van der Waals surface area contributed by atoms with Crippen LogP contribution in [0.1, 0.15) is 44.7 Å². The van der Waals surface area contributed by atoms with Crippen LogP contribution in [0, 0.1) is 0 Å². The minimum atomic E-state index is -0.841. The molecule has 0 radical (unpaired) electrons. The molecule has 1 saturated carbocycles. The Morgan fingerprint density at radius 3 is 2.63 bits per heavy atom. The lowest BCUT2D eigenvalue weighted by atomic mass is 9.84. The molecule has 3 rings (SSSR count). The van der Waals surface area contributed by atoms with Crippen LogP contribution >= 0.6 is 0 Å². The zero-order valence-corrected chi connectivity index (χ0v) is 11.4. The molecule has 0 amide bonds. The number of aliphatic carboxylic acids is 1. The number of hydrogen-bond donors (Lipinski definition) is 1. The third-order valence-electron chi connectivity index (χ3n) is 4.44. The van der Waals surface area contributed by atoms with Crippen molar-refractivity contribution in [3.8, 4) is 0 Å². The largest absolute Gasteiger partial charge is 0.481 e. The van der Waals surface area contributed by atoms with Crippen molar-refractivity contribution in [2.75, 3.05) is 0 Å². The average molecular weight is 257 g/mol. The molecule has 0 saturated heterocycles. The van der Waals surface area contributed by atoms with E-state index in [-0.39, 0.29) is 0 Å². The van der Waals surface area contributed by atoms with Gasteiger partial charge in [0.05, 0.1) is 5.41 Å². The van der Waals surface area contributed by atoms with Crippen molar-refractivity contribution in [1.82, 2.24) is 4.57 Å². The molecule has 0 bridgehead atoms. The van der Waals surface area contributed by atoms with Crippen LogP contribution < -0.4 is 0 Å². The Balaban J connectivity index is 2.05. The van der Waals surface area contributed by atoms with Gasteiger partial charge in [-0.3, -0.25) is 4.79 Å². The van der Waals surface area contributed by atoms with E-state index in [0.29, 0.717) is 6.04 Å². The standard InChI is InChI=1S/C16H19NO2/c1-16(2,15(18)19)12-6-7-14-11(10-12)8-9-17(14)13-4-3-5-13/h6-10,13H,3-5H2,1-2H3,(H,18,19). The van der Waals surface area contributed by atoms with Crippen molar-refractivity contribution >= 4 is 16.9 Å². The highest BCUT2D eigenvalue weighted by Crippen LogP contribution is 2.35. The molecule has 1 N–H and O–H groups in total. The summed E-state index contributed by atoms with van der Waals surface area (Å²) in [6, 6.07) is 8.75. The number of fused-ring (bicyclic) bond motifs is 1. The van der Waals surface area contributed by atoms with E-state index in [0.717, 1.165) is 10.9 Å². The molecule has 1 aromatic carbocycles. The third kappa shape index (κ3) is 1.84. The van der Waals surface area contributed by atoms with E-state index in [1.165, 1.54) is 24.8 Å². The molecule has 0 atom stereocenters. The SMILES string of the molecule is CC(C)(C(=O)O)c1ccc2c(ccn2C2CCC2)c1. The molecule has 19 heavy (non-hydrogen) atoms. The number of rotatable bonds is 3. The number of hydrogen-bond acceptors (Lipinski definition) is 1. The Hall–Kier alpha value is -1.77. The summed E-state index contributed by atoms with van der Waals surface area (Å²) in [5.74, 6) is -0.787. The highest BCUT2D eigenvalue weighted by atomic mass is 16.4. The second-order valence-corrected chi connectivity index (χ2v) is 6.01. The van der Waals surface area contributed by atoms with Crippen LogP contribution in [0.15, 0.2) is 30.5 Å². The molecule has 1 heterocycles. The number of nitrogens with zero attached hydrogens (tertiary/aromatic N) is 1. The smallest absolute Gasteiger partial charge is 0.313 e. The van der Waals surface area contributed by atoms with Crippen molar-refractivity contribution < 1.29 is 9.90 Å². The first kappa shape index (κ1) is 12.3. The molecule has 0 spiro atoms. The zero-order valence-electron chi connectivity index (χ0n) is 11.4. The summed E-state index contributed by atoms with van der Waals surface area (Å²) in [6.45, 7) is 3.50. The van der Waals surface area contributed by atoms with Crippen molar-refractivity contribution in [2.45, 2.75) is 44.6 Å². The first-order valence-electron chi connectivity index (χ1n) is 6.84. The van der Waals surface area contributed by atoms with Gasteiger partial charge in [-0.05, 0) is 62.3 Å². The fraction of sp³-hybridized carbons (Fsp3) is 0.438. The van der Waals surface area contributed by atoms with Crippen LogP contribution in [-0.2, 0) is 10.2 Å². The van der Waals surface area contributed by atoms with Crippen molar-refractivity contribution in [3.05, 3.63) is 36.0 Å². The zero-order chi connectivity index (χ0) is 13.6. The molecule has 1 aliphatic carbocycles. The van der Waals surface area contributed by atoms with Crippen LogP contribution in [0.2, 0.25) is 0 Å². The fourth-order valence-corrected chi connectivity index (χ4v) is 2.66. The Morgan fingerprint density at radius 1 is 1.32 bits per heavy atom. The molecule has 1 aromatic heterocycles. The topological polar surface area (TPSA) is 42.2 Å². The second-order valence-electron chi connectivity index (χ2n) is 6.01. The maximum atomic E-state index is 11.3.